The van der Waals surface area contributed by atoms with E-state index in [-0.39, 0.29) is 5.91 Å². The van der Waals surface area contributed by atoms with Gasteiger partial charge in [0.25, 0.3) is 5.91 Å². The summed E-state index contributed by atoms with van der Waals surface area (Å²) in [6, 6.07) is 15.2. The molecule has 0 bridgehead atoms. The van der Waals surface area contributed by atoms with Crippen LogP contribution in [0, 0.1) is 13.8 Å². The van der Waals surface area contributed by atoms with Crippen LogP contribution in [0.3, 0.4) is 0 Å². The molecule has 0 spiro atoms. The van der Waals surface area contributed by atoms with Crippen LogP contribution < -0.4 is 4.74 Å². The summed E-state index contributed by atoms with van der Waals surface area (Å²) in [6.45, 7) is 4.46. The van der Waals surface area contributed by atoms with Gasteiger partial charge in [-0.05, 0) is 38.1 Å². The van der Waals surface area contributed by atoms with Gasteiger partial charge >= 0.3 is 0 Å². The molecule has 6 nitrogen and oxygen atoms in total. The molecule has 0 N–H and O–H groups in total. The molecule has 2 aromatic heterocycles. The number of aryl methyl sites for hydroxylation is 2. The predicted octanol–water partition coefficient (Wildman–Crippen LogP) is 4.75. The van der Waals surface area contributed by atoms with E-state index in [1.807, 2.05) is 50.2 Å². The Balaban J connectivity index is 1.50. The first kappa shape index (κ1) is 19.1. The van der Waals surface area contributed by atoms with Crippen LogP contribution in [0.4, 0.5) is 0 Å². The zero-order chi connectivity index (χ0) is 20.4. The molecule has 7 heteroatoms. The van der Waals surface area contributed by atoms with Gasteiger partial charge in [-0.2, -0.15) is 0 Å². The summed E-state index contributed by atoms with van der Waals surface area (Å²) in [4.78, 5) is 19.4. The number of ether oxygens (including phenoxy) is 1. The van der Waals surface area contributed by atoms with Gasteiger partial charge in [-0.25, -0.2) is 4.98 Å². The van der Waals surface area contributed by atoms with Crippen LogP contribution in [0.25, 0.3) is 10.2 Å². The molecule has 4 rings (SSSR count). The van der Waals surface area contributed by atoms with E-state index in [0.717, 1.165) is 32.2 Å². The van der Waals surface area contributed by atoms with Gasteiger partial charge in [-0.15, -0.1) is 11.3 Å². The maximum absolute atomic E-state index is 13.1. The van der Waals surface area contributed by atoms with Crippen molar-refractivity contribution >= 4 is 27.5 Å². The van der Waals surface area contributed by atoms with E-state index >= 15 is 0 Å². The van der Waals surface area contributed by atoms with E-state index in [0.29, 0.717) is 24.5 Å². The van der Waals surface area contributed by atoms with Crippen LogP contribution in [-0.2, 0) is 13.2 Å². The fourth-order valence-corrected chi connectivity index (χ4v) is 4.12. The van der Waals surface area contributed by atoms with Crippen LogP contribution in [-0.4, -0.2) is 28.0 Å². The number of carbonyl (C=O) groups excluding carboxylic acids is 1. The highest BCUT2D eigenvalue weighted by atomic mass is 32.1. The number of nitrogens with zero attached hydrogens (tertiary/aromatic N) is 3. The standard InChI is InChI=1S/C22H21N3O3S/c1-14-17(15(2)28-24-14)13-27-19-10-6-4-8-16(19)22(26)25(3)12-21-23-18-9-5-7-11-20(18)29-21/h4-11H,12-13H2,1-3H3. The van der Waals surface area contributed by atoms with Crippen LogP contribution in [0.2, 0.25) is 0 Å². The molecule has 0 aliphatic heterocycles. The summed E-state index contributed by atoms with van der Waals surface area (Å²) in [7, 11) is 1.78. The lowest BCUT2D eigenvalue weighted by Crippen LogP contribution is -2.26. The number of rotatable bonds is 6. The highest BCUT2D eigenvalue weighted by Crippen LogP contribution is 2.25. The Bertz CT molecular complexity index is 1110. The minimum absolute atomic E-state index is 0.112. The maximum atomic E-state index is 13.1. The minimum atomic E-state index is -0.112. The first-order valence-corrected chi connectivity index (χ1v) is 10.1. The molecule has 148 valence electrons. The van der Waals surface area contributed by atoms with Gasteiger partial charge in [0.15, 0.2) is 0 Å². The van der Waals surface area contributed by atoms with E-state index < -0.39 is 0 Å². The first-order valence-electron chi connectivity index (χ1n) is 9.26. The van der Waals surface area contributed by atoms with Crippen molar-refractivity contribution in [2.75, 3.05) is 7.05 Å². The molecule has 29 heavy (non-hydrogen) atoms. The van der Waals surface area contributed by atoms with Gasteiger partial charge in [-0.1, -0.05) is 29.4 Å². The molecule has 0 radical (unpaired) electrons. The summed E-state index contributed by atoms with van der Waals surface area (Å²) in [6.07, 6.45) is 0. The van der Waals surface area contributed by atoms with Crippen molar-refractivity contribution in [3.63, 3.8) is 0 Å². The zero-order valence-corrected chi connectivity index (χ0v) is 17.3. The van der Waals surface area contributed by atoms with Crippen molar-refractivity contribution in [2.24, 2.45) is 0 Å². The van der Waals surface area contributed by atoms with Crippen LogP contribution in [0.15, 0.2) is 53.1 Å². The molecular weight excluding hydrogens is 386 g/mol. The number of hydrogen-bond acceptors (Lipinski definition) is 6. The molecule has 2 aromatic carbocycles. The first-order chi connectivity index (χ1) is 14.0. The maximum Gasteiger partial charge on any atom is 0.257 e. The summed E-state index contributed by atoms with van der Waals surface area (Å²) in [5.74, 6) is 1.14. The van der Waals surface area contributed by atoms with Gasteiger partial charge in [0.05, 0.1) is 33.6 Å². The summed E-state index contributed by atoms with van der Waals surface area (Å²) < 4.78 is 12.2. The Kier molecular flexibility index (Phi) is 5.31. The predicted molar refractivity (Wildman–Crippen MR) is 112 cm³/mol. The third-order valence-corrected chi connectivity index (χ3v) is 5.75. The molecule has 0 saturated carbocycles. The van der Waals surface area contributed by atoms with Gasteiger partial charge in [0.2, 0.25) is 0 Å². The highest BCUT2D eigenvalue weighted by molar-refractivity contribution is 7.18. The Morgan fingerprint density at radius 2 is 1.90 bits per heavy atom. The number of carbonyl (C=O) groups is 1. The smallest absolute Gasteiger partial charge is 0.257 e. The SMILES string of the molecule is Cc1noc(C)c1COc1ccccc1C(=O)N(C)Cc1nc2ccccc2s1. The number of benzene rings is 2. The Morgan fingerprint density at radius 3 is 2.66 bits per heavy atom. The minimum Gasteiger partial charge on any atom is -0.488 e. The van der Waals surface area contributed by atoms with Gasteiger partial charge in [-0.3, -0.25) is 4.79 Å². The second-order valence-corrected chi connectivity index (χ2v) is 7.94. The van der Waals surface area contributed by atoms with Crippen molar-refractivity contribution in [3.8, 4) is 5.75 Å². The van der Waals surface area contributed by atoms with E-state index in [9.17, 15) is 4.79 Å². The van der Waals surface area contributed by atoms with Crippen LogP contribution in [0.1, 0.15) is 32.4 Å². The van der Waals surface area contributed by atoms with Crippen LogP contribution in [0.5, 0.6) is 5.75 Å². The quantitative estimate of drug-likeness (QED) is 0.461. The Hall–Kier alpha value is -3.19. The fraction of sp³-hybridized carbons (Fsp3) is 0.227. The largest absolute Gasteiger partial charge is 0.488 e. The molecular formula is C22H21N3O3S. The van der Waals surface area contributed by atoms with Crippen molar-refractivity contribution in [1.82, 2.24) is 15.0 Å². The van der Waals surface area contributed by atoms with Crippen molar-refractivity contribution < 1.29 is 14.1 Å². The average molecular weight is 407 g/mol. The third kappa shape index (κ3) is 4.00. The molecule has 0 unspecified atom stereocenters. The van der Waals surface area contributed by atoms with Gasteiger partial charge < -0.3 is 14.2 Å². The number of para-hydroxylation sites is 2. The number of thiazole rings is 1. The van der Waals surface area contributed by atoms with Gasteiger partial charge in [0, 0.05) is 7.05 Å². The lowest BCUT2D eigenvalue weighted by molar-refractivity contribution is 0.0780. The van der Waals surface area contributed by atoms with Crippen molar-refractivity contribution in [3.05, 3.63) is 76.1 Å². The molecule has 0 atom stereocenters. The normalized spacial score (nSPS) is 11.0. The number of aromatic nitrogens is 2. The molecule has 2 heterocycles. The fourth-order valence-electron chi connectivity index (χ4n) is 3.09. The van der Waals surface area contributed by atoms with Crippen molar-refractivity contribution in [2.45, 2.75) is 27.0 Å². The second-order valence-electron chi connectivity index (χ2n) is 6.82. The molecule has 0 fully saturated rings. The highest BCUT2D eigenvalue weighted by Gasteiger charge is 2.19. The molecule has 4 aromatic rings. The Morgan fingerprint density at radius 1 is 1.14 bits per heavy atom. The third-order valence-electron chi connectivity index (χ3n) is 4.73. The van der Waals surface area contributed by atoms with E-state index in [1.165, 1.54) is 0 Å². The lowest BCUT2D eigenvalue weighted by atomic mass is 10.1. The topological polar surface area (TPSA) is 68.5 Å². The molecule has 0 aliphatic rings. The number of amides is 1. The van der Waals surface area contributed by atoms with E-state index in [1.54, 1.807) is 35.4 Å². The molecule has 1 amide bonds. The second kappa shape index (κ2) is 8.05. The summed E-state index contributed by atoms with van der Waals surface area (Å²) in [5, 5.41) is 4.84. The lowest BCUT2D eigenvalue weighted by Gasteiger charge is -2.18. The summed E-state index contributed by atoms with van der Waals surface area (Å²) in [5.41, 5.74) is 3.16. The molecule has 0 aliphatic carbocycles. The van der Waals surface area contributed by atoms with Gasteiger partial charge in [0.1, 0.15) is 23.1 Å². The molecule has 0 saturated heterocycles. The zero-order valence-electron chi connectivity index (χ0n) is 16.5. The summed E-state index contributed by atoms with van der Waals surface area (Å²) >= 11 is 1.60. The monoisotopic (exact) mass is 407 g/mol. The number of hydrogen-bond donors (Lipinski definition) is 0. The average Bonchev–Trinajstić information content (AvgIpc) is 3.28. The van der Waals surface area contributed by atoms with Crippen molar-refractivity contribution in [1.29, 1.82) is 0 Å². The van der Waals surface area contributed by atoms with E-state index in [4.69, 9.17) is 9.26 Å². The van der Waals surface area contributed by atoms with Crippen LogP contribution >= 0.6 is 11.3 Å². The van der Waals surface area contributed by atoms with E-state index in [2.05, 4.69) is 10.1 Å². The Labute approximate surface area is 172 Å². The number of fused-ring (bicyclic) bond motifs is 1.